The smallest absolute Gasteiger partial charge is 0.310 e. The van der Waals surface area contributed by atoms with Crippen molar-refractivity contribution in [1.82, 2.24) is 4.31 Å². The second kappa shape index (κ2) is 10.2. The maximum atomic E-state index is 13.7. The highest BCUT2D eigenvalue weighted by Gasteiger charge is 2.26. The van der Waals surface area contributed by atoms with Gasteiger partial charge in [0.1, 0.15) is 5.82 Å². The van der Waals surface area contributed by atoms with Crippen molar-refractivity contribution in [3.8, 4) is 0 Å². The van der Waals surface area contributed by atoms with Crippen LogP contribution in [-0.2, 0) is 30.8 Å². The molecule has 0 bridgehead atoms. The van der Waals surface area contributed by atoms with E-state index in [-0.39, 0.29) is 21.2 Å². The number of benzene rings is 2. The van der Waals surface area contributed by atoms with E-state index in [1.807, 2.05) is 0 Å². The van der Waals surface area contributed by atoms with Crippen molar-refractivity contribution in [3.05, 3.63) is 58.9 Å². The lowest BCUT2D eigenvalue weighted by molar-refractivity contribution is -0.146. The van der Waals surface area contributed by atoms with Gasteiger partial charge in [-0.15, -0.1) is 0 Å². The third-order valence-electron chi connectivity index (χ3n) is 4.82. The summed E-state index contributed by atoms with van der Waals surface area (Å²) in [4.78, 5) is 24.1. The summed E-state index contributed by atoms with van der Waals surface area (Å²) in [5, 5.41) is 2.59. The quantitative estimate of drug-likeness (QED) is 0.629. The van der Waals surface area contributed by atoms with Crippen molar-refractivity contribution >= 4 is 39.2 Å². The van der Waals surface area contributed by atoms with Crippen LogP contribution in [0.1, 0.15) is 24.8 Å². The van der Waals surface area contributed by atoms with Gasteiger partial charge in [0.05, 0.1) is 11.3 Å². The number of nitrogens with one attached hydrogen (secondary N) is 1. The summed E-state index contributed by atoms with van der Waals surface area (Å²) in [6.07, 6.45) is 2.23. The number of carbonyl (C=O) groups excluding carboxylic acids is 2. The minimum Gasteiger partial charge on any atom is -0.455 e. The number of anilines is 1. The first kappa shape index (κ1) is 23.2. The first-order valence-corrected chi connectivity index (χ1v) is 11.6. The molecule has 1 N–H and O–H groups in total. The molecule has 1 aliphatic heterocycles. The van der Waals surface area contributed by atoms with Crippen LogP contribution < -0.4 is 5.32 Å². The standard InChI is InChI=1S/C21H22ClFN2O5S/c22-18-8-5-9-19(23)17(18)13-21(27)30-14-20(26)24-15-6-4-7-16(12-15)31(28,29)25-10-2-1-3-11-25/h4-9,12H,1-3,10-11,13-14H2,(H,24,26). The summed E-state index contributed by atoms with van der Waals surface area (Å²) in [5.41, 5.74) is 0.251. The number of piperidine rings is 1. The number of nitrogens with zero attached hydrogens (tertiary/aromatic N) is 1. The molecule has 1 heterocycles. The van der Waals surface area contributed by atoms with Crippen LogP contribution in [0.25, 0.3) is 0 Å². The average Bonchev–Trinajstić information content (AvgIpc) is 2.76. The molecule has 1 aliphatic rings. The van der Waals surface area contributed by atoms with Gasteiger partial charge in [-0.3, -0.25) is 9.59 Å². The van der Waals surface area contributed by atoms with E-state index >= 15 is 0 Å². The van der Waals surface area contributed by atoms with Crippen LogP contribution in [0.4, 0.5) is 10.1 Å². The maximum absolute atomic E-state index is 13.7. The molecule has 1 fully saturated rings. The predicted octanol–water partition coefficient (Wildman–Crippen LogP) is 3.38. The molecule has 0 atom stereocenters. The number of amides is 1. The molecular formula is C21H22ClFN2O5S. The minimum atomic E-state index is -3.64. The Morgan fingerprint density at radius 2 is 1.81 bits per heavy atom. The lowest BCUT2D eigenvalue weighted by atomic mass is 10.1. The molecule has 3 rings (SSSR count). The predicted molar refractivity (Wildman–Crippen MR) is 114 cm³/mol. The number of sulfonamides is 1. The second-order valence-corrected chi connectivity index (χ2v) is 9.42. The molecule has 166 valence electrons. The first-order chi connectivity index (χ1) is 14.8. The first-order valence-electron chi connectivity index (χ1n) is 9.76. The Morgan fingerprint density at radius 1 is 1.10 bits per heavy atom. The number of hydrogen-bond acceptors (Lipinski definition) is 5. The van der Waals surface area contributed by atoms with Crippen LogP contribution in [0.2, 0.25) is 5.02 Å². The highest BCUT2D eigenvalue weighted by Crippen LogP contribution is 2.23. The van der Waals surface area contributed by atoms with E-state index < -0.39 is 40.7 Å². The number of halogens is 2. The Labute approximate surface area is 185 Å². The Bertz CT molecular complexity index is 1050. The summed E-state index contributed by atoms with van der Waals surface area (Å²) in [6.45, 7) is 0.343. The zero-order valence-corrected chi connectivity index (χ0v) is 18.2. The van der Waals surface area contributed by atoms with E-state index in [1.54, 1.807) is 0 Å². The third kappa shape index (κ3) is 6.03. The van der Waals surface area contributed by atoms with Crippen molar-refractivity contribution in [2.75, 3.05) is 25.0 Å². The summed E-state index contributed by atoms with van der Waals surface area (Å²) < 4.78 is 45.6. The molecule has 1 amide bonds. The molecule has 10 heteroatoms. The van der Waals surface area contributed by atoms with Gasteiger partial charge in [-0.1, -0.05) is 30.2 Å². The van der Waals surface area contributed by atoms with Crippen molar-refractivity contribution < 1.29 is 27.1 Å². The average molecular weight is 469 g/mol. The number of ether oxygens (including phenoxy) is 1. The highest BCUT2D eigenvalue weighted by molar-refractivity contribution is 7.89. The van der Waals surface area contributed by atoms with E-state index in [0.717, 1.165) is 19.3 Å². The lowest BCUT2D eigenvalue weighted by Crippen LogP contribution is -2.35. The Balaban J connectivity index is 1.57. The van der Waals surface area contributed by atoms with Gasteiger partial charge in [0.2, 0.25) is 10.0 Å². The third-order valence-corrected chi connectivity index (χ3v) is 7.07. The number of esters is 1. The van der Waals surface area contributed by atoms with Gasteiger partial charge < -0.3 is 10.1 Å². The van der Waals surface area contributed by atoms with E-state index in [2.05, 4.69) is 5.32 Å². The molecule has 0 aromatic heterocycles. The monoisotopic (exact) mass is 468 g/mol. The molecular weight excluding hydrogens is 447 g/mol. The maximum Gasteiger partial charge on any atom is 0.310 e. The molecule has 31 heavy (non-hydrogen) atoms. The van der Waals surface area contributed by atoms with Crippen LogP contribution in [-0.4, -0.2) is 44.3 Å². The largest absolute Gasteiger partial charge is 0.455 e. The van der Waals surface area contributed by atoms with Gasteiger partial charge in [0, 0.05) is 29.4 Å². The summed E-state index contributed by atoms with van der Waals surface area (Å²) in [6, 6.07) is 9.93. The topological polar surface area (TPSA) is 92.8 Å². The molecule has 2 aromatic carbocycles. The Hall–Kier alpha value is -2.49. The van der Waals surface area contributed by atoms with Crippen molar-refractivity contribution in [1.29, 1.82) is 0 Å². The van der Waals surface area contributed by atoms with E-state index in [1.165, 1.54) is 46.8 Å². The molecule has 0 unspecified atom stereocenters. The number of hydrogen-bond donors (Lipinski definition) is 1. The van der Waals surface area contributed by atoms with Gasteiger partial charge in [-0.2, -0.15) is 4.31 Å². The van der Waals surface area contributed by atoms with Crippen LogP contribution in [0.3, 0.4) is 0 Å². The van der Waals surface area contributed by atoms with Gasteiger partial charge >= 0.3 is 5.97 Å². The fourth-order valence-corrected chi connectivity index (χ4v) is 5.02. The highest BCUT2D eigenvalue weighted by atomic mass is 35.5. The molecule has 0 saturated carbocycles. The summed E-state index contributed by atoms with van der Waals surface area (Å²) in [5.74, 6) is -2.11. The normalized spacial score (nSPS) is 14.8. The second-order valence-electron chi connectivity index (χ2n) is 7.08. The number of rotatable bonds is 7. The van der Waals surface area contributed by atoms with Crippen molar-refractivity contribution in [2.45, 2.75) is 30.6 Å². The van der Waals surface area contributed by atoms with Gasteiger partial charge in [-0.25, -0.2) is 12.8 Å². The van der Waals surface area contributed by atoms with E-state index in [0.29, 0.717) is 13.1 Å². The Morgan fingerprint density at radius 3 is 2.52 bits per heavy atom. The SMILES string of the molecule is O=C(COC(=O)Cc1c(F)cccc1Cl)Nc1cccc(S(=O)(=O)N2CCCCC2)c1. The van der Waals surface area contributed by atoms with Crippen LogP contribution >= 0.6 is 11.6 Å². The van der Waals surface area contributed by atoms with Crippen molar-refractivity contribution in [3.63, 3.8) is 0 Å². The molecule has 0 radical (unpaired) electrons. The van der Waals surface area contributed by atoms with E-state index in [9.17, 15) is 22.4 Å². The minimum absolute atomic E-state index is 0.00908. The summed E-state index contributed by atoms with van der Waals surface area (Å²) >= 11 is 5.87. The van der Waals surface area contributed by atoms with Crippen LogP contribution in [0.5, 0.6) is 0 Å². The number of carbonyl (C=O) groups is 2. The zero-order chi connectivity index (χ0) is 22.4. The van der Waals surface area contributed by atoms with Gasteiger partial charge in [0.15, 0.2) is 6.61 Å². The summed E-state index contributed by atoms with van der Waals surface area (Å²) in [7, 11) is -3.64. The van der Waals surface area contributed by atoms with Gasteiger partial charge in [-0.05, 0) is 43.2 Å². The molecule has 0 spiro atoms. The van der Waals surface area contributed by atoms with Gasteiger partial charge in [0.25, 0.3) is 5.91 Å². The van der Waals surface area contributed by atoms with Crippen molar-refractivity contribution in [2.24, 2.45) is 0 Å². The Kier molecular flexibility index (Phi) is 7.64. The van der Waals surface area contributed by atoms with Crippen LogP contribution in [0.15, 0.2) is 47.4 Å². The molecule has 7 nitrogen and oxygen atoms in total. The van der Waals surface area contributed by atoms with Crippen LogP contribution in [0, 0.1) is 5.82 Å². The fraction of sp³-hybridized carbons (Fsp3) is 0.333. The molecule has 2 aromatic rings. The molecule has 0 aliphatic carbocycles. The van der Waals surface area contributed by atoms with E-state index in [4.69, 9.17) is 16.3 Å². The fourth-order valence-electron chi connectivity index (χ4n) is 3.23. The lowest BCUT2D eigenvalue weighted by Gasteiger charge is -2.26. The zero-order valence-electron chi connectivity index (χ0n) is 16.6. The molecule has 1 saturated heterocycles.